The summed E-state index contributed by atoms with van der Waals surface area (Å²) in [4.78, 5) is 29.8. The van der Waals surface area contributed by atoms with Gasteiger partial charge in [-0.1, -0.05) is 76.1 Å². The maximum absolute atomic E-state index is 14.6. The average Bonchev–Trinajstić information content (AvgIpc) is 3.05. The molecule has 47 heavy (non-hydrogen) atoms. The Kier molecular flexibility index (Phi) is 12.1. The van der Waals surface area contributed by atoms with E-state index < -0.39 is 28.5 Å². The van der Waals surface area contributed by atoms with E-state index in [0.29, 0.717) is 11.4 Å². The molecule has 0 aliphatic rings. The molecule has 9 nitrogen and oxygen atoms in total. The first-order valence-corrected chi connectivity index (χ1v) is 17.4. The van der Waals surface area contributed by atoms with Crippen molar-refractivity contribution in [3.05, 3.63) is 118 Å². The molecule has 0 spiro atoms. The van der Waals surface area contributed by atoms with Crippen molar-refractivity contribution in [2.75, 3.05) is 25.1 Å². The van der Waals surface area contributed by atoms with Crippen LogP contribution in [0.4, 0.5) is 5.69 Å². The van der Waals surface area contributed by atoms with Gasteiger partial charge in [0.15, 0.2) is 11.5 Å². The zero-order chi connectivity index (χ0) is 34.1. The lowest BCUT2D eigenvalue weighted by atomic mass is 10.0. The number of nitrogens with one attached hydrogen (secondary N) is 1. The standard InChI is InChI=1S/C36H40BrN3O6S/c1-25(2)38-36(42)32(21-27-10-7-6-8-11-27)39(23-28-12-9-13-29(37)20-28)35(41)24-40(30-16-14-26(3)15-17-30)47(43,44)31-18-19-33(45-4)34(22-31)46-5/h6-20,22,25,32H,21,23-24H2,1-5H3,(H,38,42)/t32-/m1/s1. The number of carbonyl (C=O) groups is 2. The molecular formula is C36H40BrN3O6S. The zero-order valence-electron chi connectivity index (χ0n) is 27.1. The van der Waals surface area contributed by atoms with Gasteiger partial charge in [0.05, 0.1) is 24.8 Å². The lowest BCUT2D eigenvalue weighted by molar-refractivity contribution is -0.140. The summed E-state index contributed by atoms with van der Waals surface area (Å²) in [5.74, 6) is -0.288. The first kappa shape index (κ1) is 35.5. The molecule has 0 saturated carbocycles. The normalized spacial score (nSPS) is 11.9. The summed E-state index contributed by atoms with van der Waals surface area (Å²) in [6, 6.07) is 27.0. The number of rotatable bonds is 14. The highest BCUT2D eigenvalue weighted by atomic mass is 79.9. The van der Waals surface area contributed by atoms with Crippen LogP contribution in [0.1, 0.15) is 30.5 Å². The van der Waals surface area contributed by atoms with Gasteiger partial charge in [-0.3, -0.25) is 13.9 Å². The van der Waals surface area contributed by atoms with Gasteiger partial charge in [0, 0.05) is 29.5 Å². The van der Waals surface area contributed by atoms with Gasteiger partial charge in [-0.2, -0.15) is 0 Å². The molecule has 0 aliphatic heterocycles. The summed E-state index contributed by atoms with van der Waals surface area (Å²) in [7, 11) is -1.43. The van der Waals surface area contributed by atoms with Crippen LogP contribution in [0.3, 0.4) is 0 Å². The molecule has 1 N–H and O–H groups in total. The minimum absolute atomic E-state index is 0.0689. The second-order valence-electron chi connectivity index (χ2n) is 11.4. The largest absolute Gasteiger partial charge is 0.493 e. The van der Waals surface area contributed by atoms with Gasteiger partial charge >= 0.3 is 0 Å². The maximum atomic E-state index is 14.6. The van der Waals surface area contributed by atoms with Crippen LogP contribution in [0.2, 0.25) is 0 Å². The monoisotopic (exact) mass is 721 g/mol. The van der Waals surface area contributed by atoms with Gasteiger partial charge in [-0.05, 0) is 68.3 Å². The Balaban J connectivity index is 1.83. The van der Waals surface area contributed by atoms with Crippen molar-refractivity contribution in [1.82, 2.24) is 10.2 Å². The van der Waals surface area contributed by atoms with Crippen LogP contribution in [0.15, 0.2) is 106 Å². The van der Waals surface area contributed by atoms with Crippen molar-refractivity contribution < 1.29 is 27.5 Å². The van der Waals surface area contributed by atoms with Crippen LogP contribution < -0.4 is 19.1 Å². The summed E-state index contributed by atoms with van der Waals surface area (Å²) < 4.78 is 41.3. The second kappa shape index (κ2) is 16.0. The van der Waals surface area contributed by atoms with Gasteiger partial charge in [0.2, 0.25) is 11.8 Å². The Labute approximate surface area is 285 Å². The molecule has 0 unspecified atom stereocenters. The number of halogens is 1. The van der Waals surface area contributed by atoms with E-state index in [4.69, 9.17) is 9.47 Å². The van der Waals surface area contributed by atoms with Gasteiger partial charge in [-0.15, -0.1) is 0 Å². The van der Waals surface area contributed by atoms with Gasteiger partial charge < -0.3 is 19.7 Å². The van der Waals surface area contributed by atoms with E-state index in [-0.39, 0.29) is 35.6 Å². The molecule has 11 heteroatoms. The van der Waals surface area contributed by atoms with E-state index >= 15 is 0 Å². The second-order valence-corrected chi connectivity index (χ2v) is 14.2. The Morgan fingerprint density at radius 1 is 0.830 bits per heavy atom. The fourth-order valence-corrected chi connectivity index (χ4v) is 6.99. The molecule has 0 saturated heterocycles. The van der Waals surface area contributed by atoms with Crippen LogP contribution in [-0.2, 0) is 32.6 Å². The summed E-state index contributed by atoms with van der Waals surface area (Å²) in [6.07, 6.45) is 0.228. The number of sulfonamides is 1. The number of ether oxygens (including phenoxy) is 2. The number of carbonyl (C=O) groups excluding carboxylic acids is 2. The smallest absolute Gasteiger partial charge is 0.264 e. The van der Waals surface area contributed by atoms with Crippen molar-refractivity contribution in [1.29, 1.82) is 0 Å². The summed E-state index contributed by atoms with van der Waals surface area (Å²) in [5.41, 5.74) is 2.85. The highest BCUT2D eigenvalue weighted by Gasteiger charge is 2.35. The Hall–Kier alpha value is -4.35. The minimum atomic E-state index is -4.31. The fourth-order valence-electron chi connectivity index (χ4n) is 5.11. The Morgan fingerprint density at radius 2 is 1.49 bits per heavy atom. The summed E-state index contributed by atoms with van der Waals surface area (Å²) in [6.45, 7) is 5.11. The predicted octanol–water partition coefficient (Wildman–Crippen LogP) is 6.13. The van der Waals surface area contributed by atoms with E-state index in [1.807, 2.05) is 75.4 Å². The summed E-state index contributed by atoms with van der Waals surface area (Å²) in [5, 5.41) is 2.97. The quantitative estimate of drug-likeness (QED) is 0.168. The first-order valence-electron chi connectivity index (χ1n) is 15.1. The molecule has 4 aromatic carbocycles. The SMILES string of the molecule is COc1ccc(S(=O)(=O)N(CC(=O)N(Cc2cccc(Br)c2)[C@H](Cc2ccccc2)C(=O)NC(C)C)c2ccc(C)cc2)cc1OC. The minimum Gasteiger partial charge on any atom is -0.493 e. The molecule has 248 valence electrons. The molecule has 0 radical (unpaired) electrons. The Bertz CT molecular complexity index is 1780. The number of amides is 2. The maximum Gasteiger partial charge on any atom is 0.264 e. The van der Waals surface area contributed by atoms with Crippen molar-refractivity contribution in [2.45, 2.75) is 50.7 Å². The van der Waals surface area contributed by atoms with E-state index in [9.17, 15) is 18.0 Å². The van der Waals surface area contributed by atoms with Gasteiger partial charge in [-0.25, -0.2) is 8.42 Å². The van der Waals surface area contributed by atoms with Crippen LogP contribution in [0.25, 0.3) is 0 Å². The number of hydrogen-bond donors (Lipinski definition) is 1. The predicted molar refractivity (Wildman–Crippen MR) is 187 cm³/mol. The first-order chi connectivity index (χ1) is 22.4. The van der Waals surface area contributed by atoms with E-state index in [1.165, 1.54) is 37.3 Å². The molecule has 4 aromatic rings. The molecule has 1 atom stereocenters. The van der Waals surface area contributed by atoms with Gasteiger partial charge in [0.25, 0.3) is 10.0 Å². The number of methoxy groups -OCH3 is 2. The number of benzene rings is 4. The number of anilines is 1. The third-order valence-electron chi connectivity index (χ3n) is 7.49. The lowest BCUT2D eigenvalue weighted by Gasteiger charge is -2.34. The van der Waals surface area contributed by atoms with Crippen LogP contribution in [0, 0.1) is 6.92 Å². The van der Waals surface area contributed by atoms with Gasteiger partial charge in [0.1, 0.15) is 12.6 Å². The number of nitrogens with zero attached hydrogens (tertiary/aromatic N) is 2. The lowest BCUT2D eigenvalue weighted by Crippen LogP contribution is -2.54. The molecule has 0 aromatic heterocycles. The summed E-state index contributed by atoms with van der Waals surface area (Å²) >= 11 is 3.50. The van der Waals surface area contributed by atoms with Crippen molar-refractivity contribution in [3.8, 4) is 11.5 Å². The van der Waals surface area contributed by atoms with E-state index in [0.717, 1.165) is 25.5 Å². The fraction of sp³-hybridized carbons (Fsp3) is 0.278. The highest BCUT2D eigenvalue weighted by Crippen LogP contribution is 2.32. The van der Waals surface area contributed by atoms with Crippen LogP contribution in [-0.4, -0.2) is 58.0 Å². The third-order valence-corrected chi connectivity index (χ3v) is 9.75. The topological polar surface area (TPSA) is 105 Å². The van der Waals surface area contributed by atoms with Crippen molar-refractivity contribution >= 4 is 43.5 Å². The molecular weight excluding hydrogens is 682 g/mol. The van der Waals surface area contributed by atoms with Crippen molar-refractivity contribution in [2.24, 2.45) is 0 Å². The van der Waals surface area contributed by atoms with Crippen molar-refractivity contribution in [3.63, 3.8) is 0 Å². The molecule has 4 rings (SSSR count). The molecule has 0 fully saturated rings. The van der Waals surface area contributed by atoms with Crippen LogP contribution in [0.5, 0.6) is 11.5 Å². The molecule has 0 aliphatic carbocycles. The van der Waals surface area contributed by atoms with E-state index in [1.54, 1.807) is 24.3 Å². The van der Waals surface area contributed by atoms with Crippen LogP contribution >= 0.6 is 15.9 Å². The third kappa shape index (κ3) is 9.14. The highest BCUT2D eigenvalue weighted by molar-refractivity contribution is 9.10. The number of hydrogen-bond acceptors (Lipinski definition) is 6. The molecule has 0 bridgehead atoms. The molecule has 2 amide bonds. The Morgan fingerprint density at radius 3 is 2.11 bits per heavy atom. The zero-order valence-corrected chi connectivity index (χ0v) is 29.5. The number of aryl methyl sites for hydroxylation is 1. The average molecular weight is 723 g/mol. The molecule has 0 heterocycles. The van der Waals surface area contributed by atoms with E-state index in [2.05, 4.69) is 21.2 Å².